The summed E-state index contributed by atoms with van der Waals surface area (Å²) in [6, 6.07) is 17.1. The Labute approximate surface area is 238 Å². The van der Waals surface area contributed by atoms with Crippen LogP contribution >= 0.6 is 39.3 Å². The zero-order valence-corrected chi connectivity index (χ0v) is 24.4. The molecule has 0 aliphatic rings. The monoisotopic (exact) mass is 616 g/mol. The Balaban J connectivity index is 1.67. The first kappa shape index (κ1) is 27.9. The van der Waals surface area contributed by atoms with Gasteiger partial charge in [0, 0.05) is 21.2 Å². The molecule has 1 aromatic heterocycles. The number of ether oxygens (including phenoxy) is 2. The highest BCUT2D eigenvalue weighted by atomic mass is 79.9. The number of methoxy groups -OCH3 is 1. The molecule has 0 saturated heterocycles. The van der Waals surface area contributed by atoms with Crippen molar-refractivity contribution in [1.29, 1.82) is 0 Å². The summed E-state index contributed by atoms with van der Waals surface area (Å²) in [5, 5.41) is 20.9. The van der Waals surface area contributed by atoms with Crippen LogP contribution in [0.3, 0.4) is 0 Å². The second-order valence-electron chi connectivity index (χ2n) is 8.67. The third-order valence-electron chi connectivity index (χ3n) is 6.06. The van der Waals surface area contributed by atoms with E-state index in [0.717, 1.165) is 16.8 Å². The molecule has 0 amide bonds. The molecule has 198 valence electrons. The molecule has 0 spiro atoms. The van der Waals surface area contributed by atoms with Gasteiger partial charge in [-0.15, -0.1) is 10.2 Å². The molecule has 11 heteroatoms. The SMILES string of the molecule is COc1cc([C@H](C[N+](=O)[O-])Sc2nnc(C)n2-c2ccc(C)c(C)c2)cc(Br)c1OCc1ccccc1Cl. The van der Waals surface area contributed by atoms with Gasteiger partial charge in [-0.2, -0.15) is 0 Å². The minimum atomic E-state index is -0.568. The van der Waals surface area contributed by atoms with E-state index < -0.39 is 5.25 Å². The molecule has 0 saturated carbocycles. The predicted molar refractivity (Wildman–Crippen MR) is 153 cm³/mol. The molecule has 0 aliphatic carbocycles. The van der Waals surface area contributed by atoms with Crippen molar-refractivity contribution < 1.29 is 14.4 Å². The summed E-state index contributed by atoms with van der Waals surface area (Å²) in [6.07, 6.45) is 0. The van der Waals surface area contributed by atoms with Crippen LogP contribution in [-0.2, 0) is 6.61 Å². The number of halogens is 2. The Morgan fingerprint density at radius 3 is 2.55 bits per heavy atom. The predicted octanol–water partition coefficient (Wildman–Crippen LogP) is 7.31. The van der Waals surface area contributed by atoms with Crippen molar-refractivity contribution >= 4 is 39.3 Å². The zero-order chi connectivity index (χ0) is 27.4. The Kier molecular flexibility index (Phi) is 8.96. The number of nitro groups is 1. The van der Waals surface area contributed by atoms with Crippen LogP contribution in [0.5, 0.6) is 11.5 Å². The van der Waals surface area contributed by atoms with Crippen molar-refractivity contribution in [3.63, 3.8) is 0 Å². The number of hydrogen-bond donors (Lipinski definition) is 0. The normalized spacial score (nSPS) is 11.8. The summed E-state index contributed by atoms with van der Waals surface area (Å²) < 4.78 is 14.2. The molecule has 3 aromatic carbocycles. The Morgan fingerprint density at radius 1 is 1.11 bits per heavy atom. The van der Waals surface area contributed by atoms with Crippen LogP contribution in [0, 0.1) is 30.9 Å². The highest BCUT2D eigenvalue weighted by molar-refractivity contribution is 9.10. The fourth-order valence-electron chi connectivity index (χ4n) is 3.89. The molecule has 0 radical (unpaired) electrons. The van der Waals surface area contributed by atoms with Gasteiger partial charge in [0.2, 0.25) is 6.54 Å². The Bertz CT molecular complexity index is 1480. The zero-order valence-electron chi connectivity index (χ0n) is 21.3. The second-order valence-corrected chi connectivity index (χ2v) is 11.1. The van der Waals surface area contributed by atoms with E-state index in [1.807, 2.05) is 61.7 Å². The summed E-state index contributed by atoms with van der Waals surface area (Å²) in [5.41, 5.74) is 4.73. The molecule has 1 heterocycles. The van der Waals surface area contributed by atoms with E-state index in [0.29, 0.717) is 37.5 Å². The van der Waals surface area contributed by atoms with Crippen LogP contribution in [0.4, 0.5) is 0 Å². The van der Waals surface area contributed by atoms with Crippen LogP contribution in [0.1, 0.15) is 33.3 Å². The lowest BCUT2D eigenvalue weighted by Crippen LogP contribution is -2.12. The Hall–Kier alpha value is -3.08. The van der Waals surface area contributed by atoms with E-state index >= 15 is 0 Å². The smallest absolute Gasteiger partial charge is 0.220 e. The van der Waals surface area contributed by atoms with E-state index in [1.54, 1.807) is 12.1 Å². The van der Waals surface area contributed by atoms with Crippen LogP contribution < -0.4 is 9.47 Å². The molecule has 0 N–H and O–H groups in total. The van der Waals surface area contributed by atoms with E-state index in [2.05, 4.69) is 32.2 Å². The van der Waals surface area contributed by atoms with Crippen molar-refractivity contribution in [3.8, 4) is 17.2 Å². The van der Waals surface area contributed by atoms with Crippen molar-refractivity contribution in [2.45, 2.75) is 37.8 Å². The van der Waals surface area contributed by atoms with Crippen molar-refractivity contribution in [2.24, 2.45) is 0 Å². The molecule has 4 aromatic rings. The first-order valence-corrected chi connectivity index (χ1v) is 13.7. The number of benzene rings is 3. The maximum Gasteiger partial charge on any atom is 0.220 e. The van der Waals surface area contributed by atoms with E-state index in [1.165, 1.54) is 24.4 Å². The fourth-order valence-corrected chi connectivity index (χ4v) is 5.80. The van der Waals surface area contributed by atoms with Gasteiger partial charge in [0.25, 0.3) is 0 Å². The molecule has 0 bridgehead atoms. The van der Waals surface area contributed by atoms with Crippen molar-refractivity contribution in [2.75, 3.05) is 13.7 Å². The van der Waals surface area contributed by atoms with Gasteiger partial charge in [0.1, 0.15) is 17.7 Å². The first-order valence-electron chi connectivity index (χ1n) is 11.7. The van der Waals surface area contributed by atoms with Crippen molar-refractivity contribution in [3.05, 3.63) is 102 Å². The maximum atomic E-state index is 11.7. The average Bonchev–Trinajstić information content (AvgIpc) is 3.24. The summed E-state index contributed by atoms with van der Waals surface area (Å²) in [5.74, 6) is 1.62. The molecule has 0 fully saturated rings. The highest BCUT2D eigenvalue weighted by Crippen LogP contribution is 2.43. The first-order chi connectivity index (χ1) is 18.2. The maximum absolute atomic E-state index is 11.7. The van der Waals surface area contributed by atoms with Gasteiger partial charge in [-0.05, 0) is 83.7 Å². The molecular weight excluding hydrogens is 592 g/mol. The standard InChI is InChI=1S/C27H26BrClN4O4S/c1-16-9-10-21(11-17(16)2)33-18(3)30-31-27(33)38-25(14-32(34)35)20-12-22(28)26(24(13-20)36-4)37-15-19-7-5-6-8-23(19)29/h5-13,25H,14-15H2,1-4H3/t25-/m0/s1. The lowest BCUT2D eigenvalue weighted by atomic mass is 10.1. The number of rotatable bonds is 10. The number of thioether (sulfide) groups is 1. The van der Waals surface area contributed by atoms with E-state index in [9.17, 15) is 10.1 Å². The molecule has 1 atom stereocenters. The summed E-state index contributed by atoms with van der Waals surface area (Å²) in [7, 11) is 1.53. The van der Waals surface area contributed by atoms with Gasteiger partial charge in [0.15, 0.2) is 16.7 Å². The molecule has 0 unspecified atom stereocenters. The topological polar surface area (TPSA) is 92.3 Å². The number of aryl methyl sites for hydroxylation is 3. The highest BCUT2D eigenvalue weighted by Gasteiger charge is 2.26. The fraction of sp³-hybridized carbons (Fsp3) is 0.259. The second kappa shape index (κ2) is 12.2. The third-order valence-corrected chi connectivity index (χ3v) is 8.20. The van der Waals surface area contributed by atoms with Gasteiger partial charge < -0.3 is 9.47 Å². The number of aromatic nitrogens is 3. The van der Waals surface area contributed by atoms with E-state index in [4.69, 9.17) is 21.1 Å². The Morgan fingerprint density at radius 2 is 1.87 bits per heavy atom. The summed E-state index contributed by atoms with van der Waals surface area (Å²) in [6.45, 7) is 5.87. The summed E-state index contributed by atoms with van der Waals surface area (Å²) >= 11 is 11.1. The summed E-state index contributed by atoms with van der Waals surface area (Å²) in [4.78, 5) is 11.4. The van der Waals surface area contributed by atoms with Crippen LogP contribution in [0.25, 0.3) is 5.69 Å². The van der Waals surface area contributed by atoms with Crippen LogP contribution in [0.15, 0.2) is 64.2 Å². The van der Waals surface area contributed by atoms with Crippen LogP contribution in [-0.4, -0.2) is 33.3 Å². The van der Waals surface area contributed by atoms with Gasteiger partial charge in [-0.1, -0.05) is 47.6 Å². The minimum absolute atomic E-state index is 0.236. The third kappa shape index (κ3) is 6.31. The molecule has 4 rings (SSSR count). The van der Waals surface area contributed by atoms with Crippen molar-refractivity contribution in [1.82, 2.24) is 14.8 Å². The average molecular weight is 618 g/mol. The molecule has 0 aliphatic heterocycles. The van der Waals surface area contributed by atoms with Gasteiger partial charge in [-0.25, -0.2) is 0 Å². The largest absolute Gasteiger partial charge is 0.493 e. The van der Waals surface area contributed by atoms with Gasteiger partial charge in [-0.3, -0.25) is 14.7 Å². The molecule has 8 nitrogen and oxygen atoms in total. The van der Waals surface area contributed by atoms with E-state index in [-0.39, 0.29) is 18.1 Å². The van der Waals surface area contributed by atoms with Gasteiger partial charge >= 0.3 is 0 Å². The quantitative estimate of drug-likeness (QED) is 0.105. The number of nitrogens with zero attached hydrogens (tertiary/aromatic N) is 4. The lowest BCUT2D eigenvalue weighted by molar-refractivity contribution is -0.479. The lowest BCUT2D eigenvalue weighted by Gasteiger charge is -2.18. The molecular formula is C27H26BrClN4O4S. The minimum Gasteiger partial charge on any atom is -0.493 e. The molecule has 38 heavy (non-hydrogen) atoms. The number of hydrogen-bond acceptors (Lipinski definition) is 7. The van der Waals surface area contributed by atoms with Crippen LogP contribution in [0.2, 0.25) is 5.02 Å². The van der Waals surface area contributed by atoms with Gasteiger partial charge in [0.05, 0.1) is 11.6 Å².